The molecule has 0 aromatic heterocycles. The Labute approximate surface area is 183 Å². The molecule has 0 amide bonds. The minimum atomic E-state index is -4.25. The van der Waals surface area contributed by atoms with Gasteiger partial charge in [0.15, 0.2) is 0 Å². The number of nitrogens with one attached hydrogen (secondary N) is 1. The Morgan fingerprint density at radius 2 is 1.72 bits per heavy atom. The zero-order chi connectivity index (χ0) is 20.3. The van der Waals surface area contributed by atoms with Gasteiger partial charge in [0.05, 0.1) is 37.6 Å². The largest absolute Gasteiger partial charge is 1.00 e. The lowest BCUT2D eigenvalue weighted by Gasteiger charge is -2.34. The van der Waals surface area contributed by atoms with Crippen LogP contribution in [0.5, 0.6) is 0 Å². The van der Waals surface area contributed by atoms with Crippen molar-refractivity contribution in [2.24, 2.45) is 0 Å². The fourth-order valence-electron chi connectivity index (χ4n) is 3.33. The highest BCUT2D eigenvalue weighted by molar-refractivity contribution is 7.99. The topological polar surface area (TPSA) is 7.68 Å². The number of benzene rings is 2. The molecule has 160 valence electrons. The summed E-state index contributed by atoms with van der Waals surface area (Å²) in [5.74, 6) is -1.35. The quantitative estimate of drug-likeness (QED) is 0.523. The van der Waals surface area contributed by atoms with Gasteiger partial charge in [0.2, 0.25) is 0 Å². The molecule has 1 saturated heterocycles. The Morgan fingerprint density at radius 1 is 1.10 bits per heavy atom. The molecule has 2 aromatic rings. The molecule has 29 heavy (non-hydrogen) atoms. The highest BCUT2D eigenvalue weighted by Gasteiger charge is 2.28. The fraction of sp³-hybridized carbons (Fsp3) is 0.400. The number of thioether (sulfide) groups is 1. The molecule has 0 aliphatic carbocycles. The van der Waals surface area contributed by atoms with E-state index in [0.29, 0.717) is 46.0 Å². The Hall–Kier alpha value is -1.15. The number of hydrogen-bond acceptors (Lipinski definition) is 2. The minimum absolute atomic E-state index is 0. The van der Waals surface area contributed by atoms with Gasteiger partial charge in [0, 0.05) is 15.5 Å². The van der Waals surface area contributed by atoms with Crippen molar-refractivity contribution in [1.82, 2.24) is 0 Å². The maximum absolute atomic E-state index is 14.5. The van der Waals surface area contributed by atoms with Gasteiger partial charge in [-0.2, -0.15) is 13.2 Å². The number of rotatable bonds is 5. The summed E-state index contributed by atoms with van der Waals surface area (Å²) in [6.07, 6.45) is -4.25. The van der Waals surface area contributed by atoms with Crippen LogP contribution in [0.1, 0.15) is 11.1 Å². The molecule has 1 N–H and O–H groups in total. The second-order valence-electron chi connectivity index (χ2n) is 7.01. The fourth-order valence-corrected chi connectivity index (χ4v) is 4.26. The average molecular weight is 469 g/mol. The summed E-state index contributed by atoms with van der Waals surface area (Å²) in [7, 11) is 0. The zero-order valence-corrected chi connectivity index (χ0v) is 18.2. The molecule has 1 aliphatic rings. The number of nitrogens with zero attached hydrogens (tertiary/aromatic N) is 1. The molecule has 0 saturated carbocycles. The zero-order valence-electron chi connectivity index (χ0n) is 15.8. The first kappa shape index (κ1) is 24.1. The first-order chi connectivity index (χ1) is 13.2. The van der Waals surface area contributed by atoms with Gasteiger partial charge in [-0.1, -0.05) is 23.7 Å². The van der Waals surface area contributed by atoms with Crippen molar-refractivity contribution in [1.29, 1.82) is 0 Å². The molecule has 3 rings (SSSR count). The van der Waals surface area contributed by atoms with E-state index in [-0.39, 0.29) is 18.2 Å². The smallest absolute Gasteiger partial charge is 0.398 e. The summed E-state index contributed by atoms with van der Waals surface area (Å²) in [6, 6.07) is 10.6. The van der Waals surface area contributed by atoms with Crippen molar-refractivity contribution in [3.05, 3.63) is 58.4 Å². The maximum atomic E-state index is 14.5. The van der Waals surface area contributed by atoms with Gasteiger partial charge in [-0.3, -0.25) is 0 Å². The number of halogens is 6. The van der Waals surface area contributed by atoms with Crippen molar-refractivity contribution >= 4 is 29.1 Å². The van der Waals surface area contributed by atoms with Crippen molar-refractivity contribution in [3.63, 3.8) is 0 Å². The normalized spacial score (nSPS) is 15.3. The summed E-state index contributed by atoms with van der Waals surface area (Å²) >= 11 is 6.62. The lowest BCUT2D eigenvalue weighted by molar-refractivity contribution is -0.914. The van der Waals surface area contributed by atoms with E-state index in [0.717, 1.165) is 19.6 Å². The lowest BCUT2D eigenvalue weighted by atomic mass is 10.1. The maximum Gasteiger partial charge on any atom is 0.398 e. The Kier molecular flexibility index (Phi) is 8.52. The predicted molar refractivity (Wildman–Crippen MR) is 106 cm³/mol. The van der Waals surface area contributed by atoms with Crippen molar-refractivity contribution in [3.8, 4) is 0 Å². The molecule has 0 bridgehead atoms. The van der Waals surface area contributed by atoms with Crippen LogP contribution in [0.25, 0.3) is 0 Å². The summed E-state index contributed by atoms with van der Waals surface area (Å²) < 4.78 is 52.1. The van der Waals surface area contributed by atoms with Crippen molar-refractivity contribution in [2.75, 3.05) is 36.8 Å². The monoisotopic (exact) mass is 468 g/mol. The minimum Gasteiger partial charge on any atom is -1.00 e. The van der Waals surface area contributed by atoms with Crippen LogP contribution in [0.15, 0.2) is 41.3 Å². The molecule has 0 atom stereocenters. The number of aryl methyl sites for hydroxylation is 1. The molecule has 0 radical (unpaired) electrons. The van der Waals surface area contributed by atoms with Crippen LogP contribution in [-0.2, 0) is 6.54 Å². The highest BCUT2D eigenvalue weighted by Crippen LogP contribution is 2.33. The van der Waals surface area contributed by atoms with Crippen LogP contribution < -0.4 is 22.2 Å². The van der Waals surface area contributed by atoms with E-state index in [1.807, 2.05) is 29.2 Å². The van der Waals surface area contributed by atoms with E-state index < -0.39 is 11.9 Å². The standard InChI is InChI=1S/C20H21ClF4N2S.ClH/c1-14-10-17(22)18(11-19(14)28-13-20(23,24)25)27-8-6-26(7-9-27)12-15-2-4-16(21)5-3-15;/h2-5,10-11H,6-9,12-13H2,1H3;1H. The van der Waals surface area contributed by atoms with E-state index in [2.05, 4.69) is 0 Å². The molecule has 0 spiro atoms. The van der Waals surface area contributed by atoms with Crippen LogP contribution in [0.2, 0.25) is 5.02 Å². The first-order valence-corrected chi connectivity index (χ1v) is 10.4. The molecular weight excluding hydrogens is 447 g/mol. The Bertz CT molecular complexity index is 807. The van der Waals surface area contributed by atoms with E-state index in [4.69, 9.17) is 11.6 Å². The molecule has 1 aliphatic heterocycles. The summed E-state index contributed by atoms with van der Waals surface area (Å²) in [5, 5.41) is 0.706. The third-order valence-corrected chi connectivity index (χ3v) is 6.29. The third kappa shape index (κ3) is 6.95. The molecule has 2 nitrogen and oxygen atoms in total. The van der Waals surface area contributed by atoms with Crippen LogP contribution >= 0.6 is 23.4 Å². The Morgan fingerprint density at radius 3 is 2.31 bits per heavy atom. The van der Waals surface area contributed by atoms with Gasteiger partial charge in [0.25, 0.3) is 0 Å². The van der Waals surface area contributed by atoms with Crippen LogP contribution in [-0.4, -0.2) is 38.1 Å². The van der Waals surface area contributed by atoms with E-state index in [9.17, 15) is 17.6 Å². The van der Waals surface area contributed by atoms with Gasteiger partial charge in [0.1, 0.15) is 12.4 Å². The number of quaternary nitrogens is 1. The van der Waals surface area contributed by atoms with Crippen LogP contribution in [0.4, 0.5) is 23.2 Å². The summed E-state index contributed by atoms with van der Waals surface area (Å²) in [4.78, 5) is 3.79. The van der Waals surface area contributed by atoms with Crippen molar-refractivity contribution in [2.45, 2.75) is 24.5 Å². The van der Waals surface area contributed by atoms with Crippen LogP contribution in [0, 0.1) is 12.7 Å². The first-order valence-electron chi connectivity index (χ1n) is 9.04. The van der Waals surface area contributed by atoms with Gasteiger partial charge >= 0.3 is 6.18 Å². The van der Waals surface area contributed by atoms with Gasteiger partial charge in [-0.15, -0.1) is 11.8 Å². The predicted octanol–water partition coefficient (Wildman–Crippen LogP) is 1.35. The van der Waals surface area contributed by atoms with E-state index >= 15 is 0 Å². The molecule has 2 aromatic carbocycles. The average Bonchev–Trinajstić information content (AvgIpc) is 2.63. The second kappa shape index (κ2) is 10.2. The van der Waals surface area contributed by atoms with Gasteiger partial charge in [-0.25, -0.2) is 4.39 Å². The molecule has 9 heteroatoms. The number of alkyl halides is 3. The third-order valence-electron chi connectivity index (χ3n) is 4.81. The van der Waals surface area contributed by atoms with Crippen LogP contribution in [0.3, 0.4) is 0 Å². The summed E-state index contributed by atoms with van der Waals surface area (Å²) in [5.41, 5.74) is 2.11. The van der Waals surface area contributed by atoms with Gasteiger partial charge in [-0.05, 0) is 36.8 Å². The lowest BCUT2D eigenvalue weighted by Crippen LogP contribution is -3.13. The Balaban J connectivity index is 0.00000300. The molecule has 0 unspecified atom stereocenters. The number of anilines is 1. The van der Waals surface area contributed by atoms with Gasteiger partial charge < -0.3 is 22.2 Å². The molecule has 1 heterocycles. The number of piperazine rings is 1. The summed E-state index contributed by atoms with van der Waals surface area (Å²) in [6.45, 7) is 5.49. The number of hydrogen-bond donors (Lipinski definition) is 1. The van der Waals surface area contributed by atoms with Crippen molar-refractivity contribution < 1.29 is 34.9 Å². The van der Waals surface area contributed by atoms with E-state index in [1.54, 1.807) is 13.0 Å². The highest BCUT2D eigenvalue weighted by atomic mass is 35.5. The second-order valence-corrected chi connectivity index (χ2v) is 8.47. The molecule has 1 fully saturated rings. The SMILES string of the molecule is Cc1cc(F)c(N2CC[NH+](Cc3ccc(Cl)cc3)CC2)cc1SCC(F)(F)F.[Cl-]. The van der Waals surface area contributed by atoms with E-state index in [1.165, 1.54) is 16.5 Å². The molecular formula is C20H22Cl2F4N2S.